The van der Waals surface area contributed by atoms with Gasteiger partial charge in [0.05, 0.1) is 73.2 Å². The number of rotatable bonds is 44. The maximum Gasteiger partial charge on any atom is 0.331 e. The van der Waals surface area contributed by atoms with Crippen LogP contribution in [-0.4, -0.2) is 158 Å². The highest BCUT2D eigenvalue weighted by atomic mass is 16.4. The fourth-order valence-electron chi connectivity index (χ4n) is 7.63. The molecule has 0 aliphatic rings. The predicted octanol–water partition coefficient (Wildman–Crippen LogP) is 5.92. The third kappa shape index (κ3) is 40.4. The summed E-state index contributed by atoms with van der Waals surface area (Å²) >= 11 is 0. The van der Waals surface area contributed by atoms with E-state index in [1.807, 2.05) is 55.5 Å². The lowest BCUT2D eigenvalue weighted by Crippen LogP contribution is -2.32. The Morgan fingerprint density at radius 2 is 0.910 bits per heavy atom. The van der Waals surface area contributed by atoms with E-state index in [0.717, 1.165) is 12.8 Å². The molecule has 0 radical (unpaired) electrons. The van der Waals surface area contributed by atoms with Crippen molar-refractivity contribution in [1.29, 1.82) is 0 Å². The van der Waals surface area contributed by atoms with Crippen LogP contribution in [0.3, 0.4) is 0 Å². The van der Waals surface area contributed by atoms with Gasteiger partial charge >= 0.3 is 5.97 Å². The van der Waals surface area contributed by atoms with Gasteiger partial charge in [-0.15, -0.1) is 0 Å². The summed E-state index contributed by atoms with van der Waals surface area (Å²) in [5.41, 5.74) is 5.69. The van der Waals surface area contributed by atoms with Crippen molar-refractivity contribution in [1.82, 2.24) is 0 Å². The van der Waals surface area contributed by atoms with E-state index < -0.39 is 85.1 Å². The first-order chi connectivity index (χ1) is 37.1. The van der Waals surface area contributed by atoms with E-state index in [2.05, 4.69) is 0 Å². The van der Waals surface area contributed by atoms with Crippen molar-refractivity contribution in [2.24, 2.45) is 23.5 Å². The SMILES string of the molecule is C\C(=C/C=C/C=C/CC/C=C/[C@H](C)[C@@H](O)[C@H](C)[C@@H](O)/C=C/C=C/C=C/C=C/C=C/C=C/C[C@H](O)[C@H](C)C(=O)C[C@H](O)C[C@H](O)/C=C/C[C@H](O)C[C@H](O)C[C@@H](O)/C=C/C[C@H](O)C[C@@H](O)/C=C/C[C@H](O)C[C@H](O)CCCN)C(=O)O. The van der Waals surface area contributed by atoms with Gasteiger partial charge in [-0.3, -0.25) is 4.79 Å². The summed E-state index contributed by atoms with van der Waals surface area (Å²) in [4.78, 5) is 23.5. The first-order valence-electron chi connectivity index (χ1n) is 27.4. The number of Topliss-reactive ketones (excluding diaryl/α,β-unsaturated/α-hetero) is 1. The van der Waals surface area contributed by atoms with Crippen molar-refractivity contribution in [2.45, 2.75) is 191 Å². The topological polar surface area (TPSA) is 323 Å². The van der Waals surface area contributed by atoms with Crippen LogP contribution in [0.1, 0.15) is 118 Å². The number of ketones is 1. The van der Waals surface area contributed by atoms with E-state index in [0.29, 0.717) is 19.4 Å². The van der Waals surface area contributed by atoms with Gasteiger partial charge in [0.2, 0.25) is 0 Å². The first kappa shape index (κ1) is 73.2. The highest BCUT2D eigenvalue weighted by Crippen LogP contribution is 2.20. The highest BCUT2D eigenvalue weighted by molar-refractivity contribution is 5.86. The Morgan fingerprint density at radius 3 is 1.45 bits per heavy atom. The molecule has 0 fully saturated rings. The normalized spacial score (nSPS) is 19.5. The van der Waals surface area contributed by atoms with E-state index >= 15 is 0 Å². The van der Waals surface area contributed by atoms with Crippen LogP contribution in [0.2, 0.25) is 0 Å². The smallest absolute Gasteiger partial charge is 0.331 e. The van der Waals surface area contributed by atoms with Crippen LogP contribution in [0.25, 0.3) is 0 Å². The lowest BCUT2D eigenvalue weighted by atomic mass is 9.88. The number of carboxylic acids is 1. The van der Waals surface area contributed by atoms with Crippen molar-refractivity contribution in [2.75, 3.05) is 6.54 Å². The van der Waals surface area contributed by atoms with Crippen molar-refractivity contribution < 1.29 is 76.0 Å². The molecule has 0 aliphatic heterocycles. The summed E-state index contributed by atoms with van der Waals surface area (Å²) in [6.45, 7) is 7.27. The van der Waals surface area contributed by atoms with Crippen molar-refractivity contribution in [3.05, 3.63) is 157 Å². The zero-order chi connectivity index (χ0) is 58.7. The number of nitrogens with two attached hydrogens (primary N) is 1. The Morgan fingerprint density at radius 1 is 0.462 bits per heavy atom. The molecule has 15 N–H and O–H groups in total. The Hall–Kier alpha value is -4.76. The lowest BCUT2D eigenvalue weighted by Gasteiger charge is -2.25. The molecule has 78 heavy (non-hydrogen) atoms. The minimum Gasteiger partial charge on any atom is -0.478 e. The van der Waals surface area contributed by atoms with E-state index in [1.54, 1.807) is 80.7 Å². The molecule has 16 heteroatoms. The molecule has 0 aromatic heterocycles. The number of hydrogen-bond donors (Lipinski definition) is 14. The van der Waals surface area contributed by atoms with E-state index in [4.69, 9.17) is 10.8 Å². The summed E-state index contributed by atoms with van der Waals surface area (Å²) in [6.07, 6.45) is 34.8. The maximum atomic E-state index is 12.8. The van der Waals surface area contributed by atoms with Gasteiger partial charge in [0.1, 0.15) is 5.78 Å². The Balaban J connectivity index is 4.49. The largest absolute Gasteiger partial charge is 0.478 e. The molecular formula is C62H97NO15. The number of aliphatic carboxylic acids is 1. The summed E-state index contributed by atoms with van der Waals surface area (Å²) in [5, 5.41) is 133. The number of carboxylic acid groups (broad SMARTS) is 1. The number of hydrogen-bond acceptors (Lipinski definition) is 15. The van der Waals surface area contributed by atoms with Gasteiger partial charge in [0.25, 0.3) is 0 Å². The minimum atomic E-state index is -1.17. The van der Waals surface area contributed by atoms with E-state index in [-0.39, 0.29) is 87.4 Å². The number of unbranched alkanes of at least 4 members (excludes halogenated alkanes) is 1. The molecule has 0 aromatic carbocycles. The van der Waals surface area contributed by atoms with Crippen LogP contribution in [0.4, 0.5) is 0 Å². The average molecular weight is 1100 g/mol. The number of aliphatic hydroxyl groups is 12. The van der Waals surface area contributed by atoms with Gasteiger partial charge < -0.3 is 72.1 Å². The zero-order valence-electron chi connectivity index (χ0n) is 46.4. The van der Waals surface area contributed by atoms with Gasteiger partial charge in [-0.2, -0.15) is 0 Å². The van der Waals surface area contributed by atoms with Gasteiger partial charge in [0.15, 0.2) is 0 Å². The number of carbonyl (C=O) groups excluding carboxylic acids is 1. The molecule has 0 aliphatic carbocycles. The minimum absolute atomic E-state index is 0.0233. The first-order valence-corrected chi connectivity index (χ1v) is 27.4. The van der Waals surface area contributed by atoms with Gasteiger partial charge in [-0.25, -0.2) is 4.79 Å². The Labute approximate surface area is 464 Å². The molecule has 16 nitrogen and oxygen atoms in total. The van der Waals surface area contributed by atoms with Gasteiger partial charge in [-0.05, 0) is 77.7 Å². The molecule has 0 aromatic rings. The highest BCUT2D eigenvalue weighted by Gasteiger charge is 2.25. The molecule has 0 amide bonds. The third-order valence-electron chi connectivity index (χ3n) is 12.6. The van der Waals surface area contributed by atoms with Gasteiger partial charge in [-0.1, -0.05) is 173 Å². The molecule has 440 valence electrons. The molecule has 0 heterocycles. The summed E-state index contributed by atoms with van der Waals surface area (Å²) < 4.78 is 0. The summed E-state index contributed by atoms with van der Waals surface area (Å²) in [6, 6.07) is 0. The maximum absolute atomic E-state index is 12.8. The van der Waals surface area contributed by atoms with Crippen molar-refractivity contribution >= 4 is 11.8 Å². The van der Waals surface area contributed by atoms with Crippen LogP contribution in [0.15, 0.2) is 157 Å². The van der Waals surface area contributed by atoms with Crippen LogP contribution in [0.5, 0.6) is 0 Å². The molecule has 0 rings (SSSR count). The number of allylic oxidation sites excluding steroid dienone is 16. The fraction of sp³-hybridized carbons (Fsp3) is 0.548. The molecule has 15 atom stereocenters. The monoisotopic (exact) mass is 1100 g/mol. The Kier molecular flexibility index (Phi) is 43.2. The van der Waals surface area contributed by atoms with Crippen LogP contribution in [0, 0.1) is 17.8 Å². The second-order valence-electron chi connectivity index (χ2n) is 20.0. The van der Waals surface area contributed by atoms with Gasteiger partial charge in [0, 0.05) is 49.0 Å². The quantitative estimate of drug-likeness (QED) is 0.0146. The second kappa shape index (κ2) is 46.0. The zero-order valence-corrected chi connectivity index (χ0v) is 46.4. The molecule has 0 bridgehead atoms. The lowest BCUT2D eigenvalue weighted by molar-refractivity contribution is -0.132. The standard InChI is InChI=1S/C62H97NO15/c1-45(27-19-15-11-10-12-16-20-28-46(2)62(77)78)61(76)48(4)59(74)37-22-18-14-9-7-5-6-8-13-17-21-36-58(73)47(3)60(75)44-57(72)43-54(69)34-25-33-53(68)42-56(71)41-52(67)32-24-31-50(65)39-49(64)29-23-30-51(66)40-55(70)35-26-38-63/h5-10,12-14,16-25,27-29,32,34,37,45,47-59,61,64-74,76H,11,15,26,30-31,33,35-36,38-44,63H2,1-4H3,(H,77,78)/b6-5+,9-7+,12-10+,13-8+,18-14+,20-16+,21-17+,27-19+,29-23+,32-24+,34-25+,37-22+,46-28+/t45-,47-,48+,49-,50-,51-,52-,53-,54+,55+,56+,57+,58-,59-,61+/m0/s1. The Bertz CT molecular complexity index is 2000. The fourth-order valence-corrected chi connectivity index (χ4v) is 7.63. The molecule has 0 saturated heterocycles. The molecule has 0 saturated carbocycles. The van der Waals surface area contributed by atoms with Crippen molar-refractivity contribution in [3.8, 4) is 0 Å². The average Bonchev–Trinajstić information content (AvgIpc) is 3.37. The number of aliphatic hydroxyl groups excluding tert-OH is 12. The number of carbonyl (C=O) groups is 2. The molecule has 0 spiro atoms. The molecular weight excluding hydrogens is 999 g/mol. The second-order valence-corrected chi connectivity index (χ2v) is 20.0. The van der Waals surface area contributed by atoms with Crippen LogP contribution < -0.4 is 5.73 Å². The van der Waals surface area contributed by atoms with E-state index in [9.17, 15) is 70.9 Å². The third-order valence-corrected chi connectivity index (χ3v) is 12.6. The predicted molar refractivity (Wildman–Crippen MR) is 309 cm³/mol. The van der Waals surface area contributed by atoms with Crippen LogP contribution >= 0.6 is 0 Å². The van der Waals surface area contributed by atoms with Crippen molar-refractivity contribution in [3.63, 3.8) is 0 Å². The van der Waals surface area contributed by atoms with E-state index in [1.165, 1.54) is 43.4 Å². The van der Waals surface area contributed by atoms with Crippen LogP contribution in [-0.2, 0) is 9.59 Å². The summed E-state index contributed by atoms with van der Waals surface area (Å²) in [5.74, 6) is -2.60. The summed E-state index contributed by atoms with van der Waals surface area (Å²) in [7, 11) is 0. The molecule has 0 unspecified atom stereocenters.